The maximum absolute atomic E-state index is 14.7. The van der Waals surface area contributed by atoms with E-state index in [2.05, 4.69) is 25.7 Å². The van der Waals surface area contributed by atoms with Crippen molar-refractivity contribution in [3.8, 4) is 11.6 Å². The summed E-state index contributed by atoms with van der Waals surface area (Å²) in [4.78, 5) is 20.5. The SMILES string of the molecule is COc1ncc(Nc2nc(N[C@@H]3CCCC[C@@H]3N)c(F)cc2C(N)=O)cc1-n1cccn1. The number of carbonyl (C=O) groups excluding carboxylic acids is 1. The molecule has 0 saturated heterocycles. The maximum Gasteiger partial charge on any atom is 0.252 e. The van der Waals surface area contributed by atoms with Crippen molar-refractivity contribution in [1.82, 2.24) is 19.7 Å². The van der Waals surface area contributed by atoms with Crippen LogP contribution < -0.4 is 26.8 Å². The molecule has 168 valence electrons. The maximum atomic E-state index is 14.7. The molecule has 1 fully saturated rings. The number of primary amides is 1. The van der Waals surface area contributed by atoms with Crippen molar-refractivity contribution < 1.29 is 13.9 Å². The van der Waals surface area contributed by atoms with E-state index in [1.165, 1.54) is 13.3 Å². The topological polar surface area (TPSA) is 146 Å². The first-order valence-corrected chi connectivity index (χ1v) is 10.3. The van der Waals surface area contributed by atoms with Crippen LogP contribution in [0.4, 0.5) is 21.7 Å². The Hall–Kier alpha value is -3.73. The Bertz CT molecular complexity index is 1110. The molecule has 0 radical (unpaired) electrons. The third-order valence-corrected chi connectivity index (χ3v) is 5.42. The Morgan fingerprint density at radius 1 is 1.28 bits per heavy atom. The number of carbonyl (C=O) groups is 1. The average molecular weight is 440 g/mol. The van der Waals surface area contributed by atoms with Crippen molar-refractivity contribution >= 4 is 23.2 Å². The van der Waals surface area contributed by atoms with Crippen molar-refractivity contribution in [1.29, 1.82) is 0 Å². The van der Waals surface area contributed by atoms with Gasteiger partial charge in [0.05, 0.1) is 24.6 Å². The number of nitrogens with zero attached hydrogens (tertiary/aromatic N) is 4. The van der Waals surface area contributed by atoms with Crippen LogP contribution in [-0.4, -0.2) is 44.8 Å². The van der Waals surface area contributed by atoms with Crippen molar-refractivity contribution in [3.63, 3.8) is 0 Å². The summed E-state index contributed by atoms with van der Waals surface area (Å²) < 4.78 is 21.6. The Labute approximate surface area is 184 Å². The number of hydrogen-bond acceptors (Lipinski definition) is 8. The molecular formula is C21H25FN8O2. The number of methoxy groups -OCH3 is 1. The number of amides is 1. The van der Waals surface area contributed by atoms with Crippen LogP contribution in [0.3, 0.4) is 0 Å². The van der Waals surface area contributed by atoms with Gasteiger partial charge < -0.3 is 26.8 Å². The normalized spacial score (nSPS) is 18.2. The van der Waals surface area contributed by atoms with Gasteiger partial charge in [0.2, 0.25) is 5.88 Å². The lowest BCUT2D eigenvalue weighted by atomic mass is 9.91. The summed E-state index contributed by atoms with van der Waals surface area (Å²) in [6.07, 6.45) is 8.60. The van der Waals surface area contributed by atoms with Gasteiger partial charge in [-0.1, -0.05) is 12.8 Å². The lowest BCUT2D eigenvalue weighted by molar-refractivity contribution is 0.100. The molecule has 32 heavy (non-hydrogen) atoms. The summed E-state index contributed by atoms with van der Waals surface area (Å²) in [6, 6.07) is 4.35. The number of nitrogens with one attached hydrogen (secondary N) is 2. The Morgan fingerprint density at radius 2 is 2.09 bits per heavy atom. The minimum absolute atomic E-state index is 0.00798. The van der Waals surface area contributed by atoms with E-state index in [4.69, 9.17) is 16.2 Å². The van der Waals surface area contributed by atoms with Gasteiger partial charge in [-0.25, -0.2) is 19.0 Å². The first-order chi connectivity index (χ1) is 15.5. The number of nitrogens with two attached hydrogens (primary N) is 2. The standard InChI is InChI=1S/C21H25FN8O2/c1-32-21-17(30-8-4-7-26-30)9-12(11-25-21)27-19-13(18(24)31)10-14(22)20(29-19)28-16-6-3-2-5-15(16)23/h4,7-11,15-16H,2-3,5-6,23H2,1H3,(H2,24,31)(H2,27,28,29)/t15-,16+/m0/s1. The zero-order chi connectivity index (χ0) is 22.7. The van der Waals surface area contributed by atoms with Crippen LogP contribution in [0.15, 0.2) is 36.8 Å². The lowest BCUT2D eigenvalue weighted by Crippen LogP contribution is -2.43. The van der Waals surface area contributed by atoms with Gasteiger partial charge in [-0.3, -0.25) is 4.79 Å². The van der Waals surface area contributed by atoms with Crippen LogP contribution in [0, 0.1) is 5.82 Å². The summed E-state index contributed by atoms with van der Waals surface area (Å²) in [6.45, 7) is 0. The summed E-state index contributed by atoms with van der Waals surface area (Å²) >= 11 is 0. The number of rotatable bonds is 7. The molecule has 2 atom stereocenters. The zero-order valence-electron chi connectivity index (χ0n) is 17.6. The number of hydrogen-bond donors (Lipinski definition) is 4. The number of halogens is 1. The third kappa shape index (κ3) is 4.47. The van der Waals surface area contributed by atoms with Gasteiger partial charge in [-0.2, -0.15) is 5.10 Å². The molecule has 1 aliphatic rings. The van der Waals surface area contributed by atoms with Crippen molar-refractivity contribution in [2.75, 3.05) is 17.7 Å². The molecule has 3 aromatic rings. The first kappa shape index (κ1) is 21.5. The predicted molar refractivity (Wildman–Crippen MR) is 118 cm³/mol. The molecule has 10 nitrogen and oxygen atoms in total. The zero-order valence-corrected chi connectivity index (χ0v) is 17.6. The summed E-state index contributed by atoms with van der Waals surface area (Å²) in [5, 5.41) is 10.3. The van der Waals surface area contributed by atoms with Gasteiger partial charge in [0.15, 0.2) is 11.6 Å². The van der Waals surface area contributed by atoms with Crippen LogP contribution in [0.1, 0.15) is 36.0 Å². The van der Waals surface area contributed by atoms with E-state index in [-0.39, 0.29) is 29.3 Å². The second kappa shape index (κ2) is 9.18. The summed E-state index contributed by atoms with van der Waals surface area (Å²) in [7, 11) is 1.50. The van der Waals surface area contributed by atoms with Crippen molar-refractivity contribution in [2.45, 2.75) is 37.8 Å². The first-order valence-electron chi connectivity index (χ1n) is 10.3. The molecule has 11 heteroatoms. The molecule has 1 amide bonds. The van der Waals surface area contributed by atoms with E-state index in [9.17, 15) is 9.18 Å². The average Bonchev–Trinajstić information content (AvgIpc) is 3.32. The van der Waals surface area contributed by atoms with E-state index >= 15 is 0 Å². The fraction of sp³-hybridized carbons (Fsp3) is 0.333. The van der Waals surface area contributed by atoms with E-state index in [0.717, 1.165) is 31.7 Å². The smallest absolute Gasteiger partial charge is 0.252 e. The van der Waals surface area contributed by atoms with Gasteiger partial charge in [0.1, 0.15) is 11.5 Å². The van der Waals surface area contributed by atoms with Crippen LogP contribution in [0.25, 0.3) is 5.69 Å². The summed E-state index contributed by atoms with van der Waals surface area (Å²) in [5.41, 5.74) is 12.6. The molecule has 0 unspecified atom stereocenters. The monoisotopic (exact) mass is 440 g/mol. The van der Waals surface area contributed by atoms with Crippen LogP contribution in [0.2, 0.25) is 0 Å². The Balaban J connectivity index is 1.68. The fourth-order valence-corrected chi connectivity index (χ4v) is 3.77. The second-order valence-corrected chi connectivity index (χ2v) is 7.61. The highest BCUT2D eigenvalue weighted by Gasteiger charge is 2.24. The molecule has 1 saturated carbocycles. The molecular weight excluding hydrogens is 415 g/mol. The van der Waals surface area contributed by atoms with E-state index in [0.29, 0.717) is 17.3 Å². The lowest BCUT2D eigenvalue weighted by Gasteiger charge is -2.30. The van der Waals surface area contributed by atoms with Gasteiger partial charge >= 0.3 is 0 Å². The molecule has 1 aliphatic carbocycles. The minimum Gasteiger partial charge on any atom is -0.479 e. The molecule has 0 aromatic carbocycles. The predicted octanol–water partition coefficient (Wildman–Crippen LogP) is 2.33. The minimum atomic E-state index is -0.811. The van der Waals surface area contributed by atoms with Crippen molar-refractivity contribution in [3.05, 3.63) is 48.2 Å². The van der Waals surface area contributed by atoms with Crippen LogP contribution in [-0.2, 0) is 0 Å². The van der Waals surface area contributed by atoms with E-state index < -0.39 is 11.7 Å². The van der Waals surface area contributed by atoms with Crippen LogP contribution >= 0.6 is 0 Å². The van der Waals surface area contributed by atoms with Crippen molar-refractivity contribution in [2.24, 2.45) is 11.5 Å². The number of ether oxygens (including phenoxy) is 1. The van der Waals surface area contributed by atoms with Gasteiger partial charge in [0, 0.05) is 24.5 Å². The molecule has 3 heterocycles. The van der Waals surface area contributed by atoms with Gasteiger partial charge in [0.25, 0.3) is 5.91 Å². The fourth-order valence-electron chi connectivity index (χ4n) is 3.77. The largest absolute Gasteiger partial charge is 0.479 e. The molecule has 0 bridgehead atoms. The quantitative estimate of drug-likeness (QED) is 0.438. The molecule has 0 aliphatic heterocycles. The molecule has 4 rings (SSSR count). The van der Waals surface area contributed by atoms with Gasteiger partial charge in [-0.05, 0) is 31.0 Å². The number of pyridine rings is 2. The molecule has 0 spiro atoms. The van der Waals surface area contributed by atoms with E-state index in [1.54, 1.807) is 29.2 Å². The highest BCUT2D eigenvalue weighted by Crippen LogP contribution is 2.29. The molecule has 3 aromatic heterocycles. The van der Waals surface area contributed by atoms with Crippen LogP contribution in [0.5, 0.6) is 5.88 Å². The molecule has 6 N–H and O–H groups in total. The third-order valence-electron chi connectivity index (χ3n) is 5.42. The highest BCUT2D eigenvalue weighted by atomic mass is 19.1. The summed E-state index contributed by atoms with van der Waals surface area (Å²) in [5.74, 6) is -1.02. The Morgan fingerprint density at radius 3 is 2.78 bits per heavy atom. The van der Waals surface area contributed by atoms with Gasteiger partial charge in [-0.15, -0.1) is 0 Å². The Kier molecular flexibility index (Phi) is 6.17. The van der Waals surface area contributed by atoms with E-state index in [1.807, 2.05) is 0 Å². The number of aromatic nitrogens is 4. The highest BCUT2D eigenvalue weighted by molar-refractivity contribution is 5.98. The second-order valence-electron chi connectivity index (χ2n) is 7.61. The number of anilines is 3.